The van der Waals surface area contributed by atoms with Crippen LogP contribution in [0, 0.1) is 0 Å². The molecule has 4 heteroatoms. The number of benzene rings is 1. The number of aliphatic imine (C=N–C) groups is 1. The number of carboxylic acids is 1. The van der Waals surface area contributed by atoms with Crippen molar-refractivity contribution >= 4 is 17.9 Å². The second kappa shape index (κ2) is 5.91. The quantitative estimate of drug-likeness (QED) is 0.674. The van der Waals surface area contributed by atoms with E-state index in [-0.39, 0.29) is 5.56 Å². The highest BCUT2D eigenvalue weighted by atomic mass is 16.4. The van der Waals surface area contributed by atoms with Gasteiger partial charge in [0, 0.05) is 23.9 Å². The molecule has 0 unspecified atom stereocenters. The molecule has 1 aromatic heterocycles. The predicted molar refractivity (Wildman–Crippen MR) is 73.0 cm³/mol. The molecule has 1 N–H and O–H groups in total. The number of pyridine rings is 1. The summed E-state index contributed by atoms with van der Waals surface area (Å²) in [6.45, 7) is 3.02. The lowest BCUT2D eigenvalue weighted by Gasteiger charge is -1.96. The van der Waals surface area contributed by atoms with Crippen molar-refractivity contribution in [1.82, 2.24) is 0 Å². The molecule has 0 radical (unpaired) electrons. The molecule has 0 aliphatic heterocycles. The van der Waals surface area contributed by atoms with Crippen LogP contribution in [0.1, 0.15) is 22.8 Å². The van der Waals surface area contributed by atoms with Crippen LogP contribution in [0.5, 0.6) is 0 Å². The lowest BCUT2D eigenvalue weighted by Crippen LogP contribution is -2.30. The SMILES string of the molecule is CC[n+]1ccc(C=Nc2ccc(C(=O)O)cc2)cc1. The fraction of sp³-hybridized carbons (Fsp3) is 0.133. The van der Waals surface area contributed by atoms with Crippen LogP contribution in [0.2, 0.25) is 0 Å². The molecule has 2 aromatic rings. The van der Waals surface area contributed by atoms with Crippen molar-refractivity contribution < 1.29 is 14.5 Å². The summed E-state index contributed by atoms with van der Waals surface area (Å²) in [5, 5.41) is 8.79. The zero-order valence-corrected chi connectivity index (χ0v) is 10.7. The van der Waals surface area contributed by atoms with Gasteiger partial charge in [0.25, 0.3) is 0 Å². The average molecular weight is 255 g/mol. The number of aromatic nitrogens is 1. The fourth-order valence-electron chi connectivity index (χ4n) is 1.60. The van der Waals surface area contributed by atoms with Crippen molar-refractivity contribution in [2.75, 3.05) is 0 Å². The Labute approximate surface area is 111 Å². The maximum atomic E-state index is 10.7. The third-order valence-corrected chi connectivity index (χ3v) is 2.76. The first-order valence-electron chi connectivity index (χ1n) is 6.05. The number of hydrogen-bond donors (Lipinski definition) is 1. The van der Waals surface area contributed by atoms with E-state index < -0.39 is 5.97 Å². The van der Waals surface area contributed by atoms with Gasteiger partial charge in [-0.05, 0) is 31.2 Å². The van der Waals surface area contributed by atoms with E-state index in [9.17, 15) is 4.79 Å². The number of aromatic carboxylic acids is 1. The Hall–Kier alpha value is -2.49. The summed E-state index contributed by atoms with van der Waals surface area (Å²) in [5.41, 5.74) is 2.01. The number of nitrogens with zero attached hydrogens (tertiary/aromatic N) is 2. The number of aryl methyl sites for hydroxylation is 1. The lowest BCUT2D eigenvalue weighted by molar-refractivity contribution is -0.693. The molecule has 0 aliphatic rings. The molecule has 0 aliphatic carbocycles. The van der Waals surface area contributed by atoms with Gasteiger partial charge in [0.05, 0.1) is 11.3 Å². The third kappa shape index (κ3) is 3.48. The molecule has 0 fully saturated rings. The molecule has 96 valence electrons. The second-order valence-corrected chi connectivity index (χ2v) is 4.07. The summed E-state index contributed by atoms with van der Waals surface area (Å²) >= 11 is 0. The molecule has 4 nitrogen and oxygen atoms in total. The first kappa shape index (κ1) is 13.0. The van der Waals surface area contributed by atoms with E-state index in [1.54, 1.807) is 30.5 Å². The van der Waals surface area contributed by atoms with Crippen molar-refractivity contribution in [3.05, 3.63) is 59.9 Å². The van der Waals surface area contributed by atoms with Crippen LogP contribution in [0.25, 0.3) is 0 Å². The van der Waals surface area contributed by atoms with E-state index in [4.69, 9.17) is 5.11 Å². The lowest BCUT2D eigenvalue weighted by atomic mass is 10.2. The van der Waals surface area contributed by atoms with Gasteiger partial charge in [0.15, 0.2) is 12.4 Å². The molecular weight excluding hydrogens is 240 g/mol. The van der Waals surface area contributed by atoms with Crippen LogP contribution in [0.15, 0.2) is 53.8 Å². The van der Waals surface area contributed by atoms with Crippen molar-refractivity contribution in [2.45, 2.75) is 13.5 Å². The highest BCUT2D eigenvalue weighted by Gasteiger charge is 2.00. The van der Waals surface area contributed by atoms with E-state index in [2.05, 4.69) is 16.5 Å². The highest BCUT2D eigenvalue weighted by Crippen LogP contribution is 2.13. The second-order valence-electron chi connectivity index (χ2n) is 4.07. The molecule has 0 saturated carbocycles. The van der Waals surface area contributed by atoms with Gasteiger partial charge in [0.2, 0.25) is 0 Å². The minimum atomic E-state index is -0.928. The Morgan fingerprint density at radius 1 is 1.21 bits per heavy atom. The maximum Gasteiger partial charge on any atom is 0.335 e. The van der Waals surface area contributed by atoms with Gasteiger partial charge >= 0.3 is 5.97 Å². The number of hydrogen-bond acceptors (Lipinski definition) is 2. The fourth-order valence-corrected chi connectivity index (χ4v) is 1.60. The van der Waals surface area contributed by atoms with Gasteiger partial charge in [-0.15, -0.1) is 0 Å². The standard InChI is InChI=1S/C15H14N2O2/c1-2-17-9-7-12(8-10-17)11-16-14-5-3-13(4-6-14)15(18)19/h3-11H,2H2,1H3/p+1. The van der Waals surface area contributed by atoms with Crippen molar-refractivity contribution in [3.63, 3.8) is 0 Å². The Balaban J connectivity index is 2.10. The minimum Gasteiger partial charge on any atom is -0.478 e. The topological polar surface area (TPSA) is 53.5 Å². The Bertz CT molecular complexity index is 587. The molecule has 19 heavy (non-hydrogen) atoms. The summed E-state index contributed by atoms with van der Waals surface area (Å²) < 4.78 is 2.07. The molecular formula is C15H15N2O2+. The van der Waals surface area contributed by atoms with E-state index in [1.165, 1.54) is 0 Å². The van der Waals surface area contributed by atoms with Crippen LogP contribution < -0.4 is 4.57 Å². The summed E-state index contributed by atoms with van der Waals surface area (Å²) in [7, 11) is 0. The zero-order chi connectivity index (χ0) is 13.7. The monoisotopic (exact) mass is 255 g/mol. The largest absolute Gasteiger partial charge is 0.478 e. The average Bonchev–Trinajstić information content (AvgIpc) is 2.46. The molecule has 2 rings (SSSR count). The summed E-state index contributed by atoms with van der Waals surface area (Å²) in [6, 6.07) is 10.4. The summed E-state index contributed by atoms with van der Waals surface area (Å²) in [4.78, 5) is 15.0. The molecule has 0 bridgehead atoms. The highest BCUT2D eigenvalue weighted by molar-refractivity contribution is 5.88. The van der Waals surface area contributed by atoms with Gasteiger partial charge in [0.1, 0.15) is 6.54 Å². The smallest absolute Gasteiger partial charge is 0.335 e. The van der Waals surface area contributed by atoms with E-state index in [1.807, 2.05) is 24.5 Å². The van der Waals surface area contributed by atoms with Crippen LogP contribution in [0.4, 0.5) is 5.69 Å². The van der Waals surface area contributed by atoms with Gasteiger partial charge in [-0.2, -0.15) is 0 Å². The van der Waals surface area contributed by atoms with Gasteiger partial charge < -0.3 is 5.11 Å². The summed E-state index contributed by atoms with van der Waals surface area (Å²) in [6.07, 6.45) is 5.75. The molecule has 0 spiro atoms. The first-order chi connectivity index (χ1) is 9.19. The molecule has 1 aromatic carbocycles. The van der Waals surface area contributed by atoms with Crippen LogP contribution in [-0.4, -0.2) is 17.3 Å². The van der Waals surface area contributed by atoms with Gasteiger partial charge in [-0.25, -0.2) is 9.36 Å². The minimum absolute atomic E-state index is 0.266. The zero-order valence-electron chi connectivity index (χ0n) is 10.7. The molecule has 0 saturated heterocycles. The number of carboxylic acid groups (broad SMARTS) is 1. The van der Waals surface area contributed by atoms with Gasteiger partial charge in [-0.3, -0.25) is 4.99 Å². The molecule has 0 amide bonds. The Kier molecular flexibility index (Phi) is 4.03. The Morgan fingerprint density at radius 2 is 1.84 bits per heavy atom. The van der Waals surface area contributed by atoms with E-state index in [0.29, 0.717) is 0 Å². The van der Waals surface area contributed by atoms with Crippen LogP contribution >= 0.6 is 0 Å². The van der Waals surface area contributed by atoms with Crippen molar-refractivity contribution in [2.24, 2.45) is 4.99 Å². The van der Waals surface area contributed by atoms with Crippen LogP contribution in [-0.2, 0) is 6.54 Å². The van der Waals surface area contributed by atoms with Crippen molar-refractivity contribution in [1.29, 1.82) is 0 Å². The van der Waals surface area contributed by atoms with E-state index >= 15 is 0 Å². The van der Waals surface area contributed by atoms with Gasteiger partial charge in [-0.1, -0.05) is 0 Å². The van der Waals surface area contributed by atoms with Crippen LogP contribution in [0.3, 0.4) is 0 Å². The third-order valence-electron chi connectivity index (χ3n) is 2.76. The normalized spacial score (nSPS) is 10.8. The first-order valence-corrected chi connectivity index (χ1v) is 6.05. The molecule has 0 atom stereocenters. The molecule has 1 heterocycles. The Morgan fingerprint density at radius 3 is 2.37 bits per heavy atom. The number of rotatable bonds is 4. The summed E-state index contributed by atoms with van der Waals surface area (Å²) in [5.74, 6) is -0.928. The van der Waals surface area contributed by atoms with E-state index in [0.717, 1.165) is 17.8 Å². The maximum absolute atomic E-state index is 10.7. The predicted octanol–water partition coefficient (Wildman–Crippen LogP) is 2.44. The van der Waals surface area contributed by atoms with Crippen molar-refractivity contribution in [3.8, 4) is 0 Å². The number of carbonyl (C=O) groups is 1.